The molecule has 1 N–H and O–H groups in total. The fourth-order valence-corrected chi connectivity index (χ4v) is 5.57. The molecule has 1 aliphatic rings. The molecule has 1 amide bonds. The average Bonchev–Trinajstić information content (AvgIpc) is 2.88. The van der Waals surface area contributed by atoms with Crippen molar-refractivity contribution < 1.29 is 13.2 Å². The Balaban J connectivity index is 2.20. The maximum absolute atomic E-state index is 12.2. The van der Waals surface area contributed by atoms with Gasteiger partial charge in [-0.15, -0.1) is 11.3 Å². The van der Waals surface area contributed by atoms with E-state index in [-0.39, 0.29) is 10.1 Å². The van der Waals surface area contributed by atoms with E-state index in [4.69, 9.17) is 0 Å². The lowest BCUT2D eigenvalue weighted by Crippen LogP contribution is -2.40. The lowest BCUT2D eigenvalue weighted by atomic mass is 9.88. The van der Waals surface area contributed by atoms with Gasteiger partial charge in [-0.3, -0.25) is 4.79 Å². The van der Waals surface area contributed by atoms with Crippen molar-refractivity contribution in [1.29, 1.82) is 0 Å². The highest BCUT2D eigenvalue weighted by Crippen LogP contribution is 2.38. The number of rotatable bonds is 3. The molecule has 1 heterocycles. The summed E-state index contributed by atoms with van der Waals surface area (Å²) in [6.07, 6.45) is 3.46. The van der Waals surface area contributed by atoms with Gasteiger partial charge in [0.15, 0.2) is 0 Å². The monoisotopic (exact) mass is 365 g/mol. The van der Waals surface area contributed by atoms with Crippen molar-refractivity contribution in [2.75, 3.05) is 0 Å². The minimum Gasteiger partial charge on any atom is -0.273 e. The summed E-state index contributed by atoms with van der Waals surface area (Å²) in [7, 11) is -3.75. The average molecular weight is 366 g/mol. The molecule has 0 spiro atoms. The minimum absolute atomic E-state index is 0.173. The summed E-state index contributed by atoms with van der Waals surface area (Å²) in [5, 5.41) is 0. The van der Waals surface area contributed by atoms with Gasteiger partial charge < -0.3 is 0 Å². The first-order valence-electron chi connectivity index (χ1n) is 6.08. The van der Waals surface area contributed by atoms with E-state index in [2.05, 4.69) is 20.7 Å². The van der Waals surface area contributed by atoms with E-state index in [9.17, 15) is 13.2 Å². The Morgan fingerprint density at radius 2 is 2.00 bits per heavy atom. The van der Waals surface area contributed by atoms with Crippen LogP contribution in [0.4, 0.5) is 0 Å². The van der Waals surface area contributed by atoms with Crippen molar-refractivity contribution in [3.8, 4) is 0 Å². The number of thiophene rings is 1. The molecule has 1 aromatic heterocycles. The van der Waals surface area contributed by atoms with Crippen LogP contribution in [0.15, 0.2) is 14.1 Å². The van der Waals surface area contributed by atoms with Crippen LogP contribution in [0.2, 0.25) is 0 Å². The van der Waals surface area contributed by atoms with Crippen molar-refractivity contribution in [2.45, 2.75) is 43.7 Å². The van der Waals surface area contributed by atoms with Crippen molar-refractivity contribution >= 4 is 43.2 Å². The van der Waals surface area contributed by atoms with Gasteiger partial charge in [-0.25, -0.2) is 13.1 Å². The maximum Gasteiger partial charge on any atom is 0.273 e. The first kappa shape index (κ1) is 15.0. The molecule has 7 heteroatoms. The zero-order chi connectivity index (χ0) is 14.3. The predicted octanol–water partition coefficient (Wildman–Crippen LogP) is 3.20. The third-order valence-electron chi connectivity index (χ3n) is 3.58. The Morgan fingerprint density at radius 3 is 2.47 bits per heavy atom. The molecule has 2 rings (SSSR count). The molecule has 19 heavy (non-hydrogen) atoms. The maximum atomic E-state index is 12.2. The molecule has 1 saturated carbocycles. The van der Waals surface area contributed by atoms with Gasteiger partial charge in [0.2, 0.25) is 5.91 Å². The number of carbonyl (C=O) groups is 1. The minimum atomic E-state index is -3.75. The van der Waals surface area contributed by atoms with Crippen LogP contribution in [0, 0.1) is 12.3 Å². The largest absolute Gasteiger partial charge is 0.273 e. The van der Waals surface area contributed by atoms with Gasteiger partial charge in [0.05, 0.1) is 3.79 Å². The van der Waals surface area contributed by atoms with Crippen LogP contribution in [0.3, 0.4) is 0 Å². The third-order valence-corrected chi connectivity index (χ3v) is 7.52. The highest BCUT2D eigenvalue weighted by atomic mass is 79.9. The lowest BCUT2D eigenvalue weighted by molar-refractivity contribution is -0.127. The first-order chi connectivity index (χ1) is 8.74. The molecular formula is C12H16BrNO3S2. The summed E-state index contributed by atoms with van der Waals surface area (Å²) in [5.41, 5.74) is 0.307. The Labute approximate surface area is 125 Å². The highest BCUT2D eigenvalue weighted by molar-refractivity contribution is 9.11. The molecule has 0 unspecified atom stereocenters. The third kappa shape index (κ3) is 3.03. The van der Waals surface area contributed by atoms with E-state index < -0.39 is 15.4 Å². The molecule has 0 atom stereocenters. The zero-order valence-corrected chi connectivity index (χ0v) is 14.0. The van der Waals surface area contributed by atoms with Crippen molar-refractivity contribution in [3.05, 3.63) is 15.4 Å². The van der Waals surface area contributed by atoms with E-state index in [1.165, 1.54) is 0 Å². The van der Waals surface area contributed by atoms with E-state index in [1.54, 1.807) is 6.07 Å². The van der Waals surface area contributed by atoms with Crippen LogP contribution in [-0.4, -0.2) is 14.3 Å². The molecule has 1 fully saturated rings. The molecule has 1 aliphatic carbocycles. The van der Waals surface area contributed by atoms with Gasteiger partial charge in [-0.1, -0.05) is 19.8 Å². The number of aryl methyl sites for hydroxylation is 1. The van der Waals surface area contributed by atoms with Crippen LogP contribution in [0.5, 0.6) is 0 Å². The summed E-state index contributed by atoms with van der Waals surface area (Å²) in [4.78, 5) is 12.2. The van der Waals surface area contributed by atoms with Crippen molar-refractivity contribution in [2.24, 2.45) is 5.41 Å². The molecule has 1 aromatic rings. The quantitative estimate of drug-likeness (QED) is 0.894. The number of sulfonamides is 1. The van der Waals surface area contributed by atoms with E-state index in [0.717, 1.165) is 46.4 Å². The molecule has 0 bridgehead atoms. The van der Waals surface area contributed by atoms with Crippen LogP contribution >= 0.6 is 27.3 Å². The first-order valence-corrected chi connectivity index (χ1v) is 9.17. The topological polar surface area (TPSA) is 63.2 Å². The Hall–Kier alpha value is -0.400. The number of halogens is 1. The number of carbonyl (C=O) groups excluding carboxylic acids is 1. The number of nitrogens with one attached hydrogen (secondary N) is 1. The standard InChI is InChI=1S/C12H16BrNO3S2/c1-8-7-9(18-10(8)13)19(16,17)14-11(15)12(2)5-3-4-6-12/h7H,3-6H2,1-2H3,(H,14,15). The molecule has 4 nitrogen and oxygen atoms in total. The smallest absolute Gasteiger partial charge is 0.273 e. The zero-order valence-electron chi connectivity index (χ0n) is 10.8. The van der Waals surface area contributed by atoms with E-state index >= 15 is 0 Å². The molecule has 0 aliphatic heterocycles. The number of hydrogen-bond donors (Lipinski definition) is 1. The second kappa shape index (κ2) is 5.18. The van der Waals surface area contributed by atoms with Gasteiger partial charge in [-0.2, -0.15) is 0 Å². The van der Waals surface area contributed by atoms with Crippen LogP contribution in [0.1, 0.15) is 38.2 Å². The van der Waals surface area contributed by atoms with Crippen molar-refractivity contribution in [3.63, 3.8) is 0 Å². The fraction of sp³-hybridized carbons (Fsp3) is 0.583. The SMILES string of the molecule is Cc1cc(S(=O)(=O)NC(=O)C2(C)CCCC2)sc1Br. The summed E-state index contributed by atoms with van der Waals surface area (Å²) in [6, 6.07) is 1.57. The van der Waals surface area contributed by atoms with Gasteiger partial charge in [0.25, 0.3) is 10.0 Å². The molecule has 106 valence electrons. The van der Waals surface area contributed by atoms with Crippen LogP contribution < -0.4 is 4.72 Å². The van der Waals surface area contributed by atoms with Gasteiger partial charge in [0, 0.05) is 5.41 Å². The van der Waals surface area contributed by atoms with Gasteiger partial charge in [-0.05, 0) is 47.3 Å². The summed E-state index contributed by atoms with van der Waals surface area (Å²) < 4.78 is 27.5. The molecule has 0 aromatic carbocycles. The normalized spacial score (nSPS) is 18.5. The highest BCUT2D eigenvalue weighted by Gasteiger charge is 2.38. The fourth-order valence-electron chi connectivity index (χ4n) is 2.24. The van der Waals surface area contributed by atoms with Crippen molar-refractivity contribution in [1.82, 2.24) is 4.72 Å². The number of hydrogen-bond acceptors (Lipinski definition) is 4. The van der Waals surface area contributed by atoms with E-state index in [1.807, 2.05) is 13.8 Å². The summed E-state index contributed by atoms with van der Waals surface area (Å²) in [5.74, 6) is -0.382. The second-order valence-electron chi connectivity index (χ2n) is 5.22. The second-order valence-corrected chi connectivity index (χ2v) is 9.50. The van der Waals surface area contributed by atoms with Crippen LogP contribution in [-0.2, 0) is 14.8 Å². The number of amides is 1. The van der Waals surface area contributed by atoms with Gasteiger partial charge in [0.1, 0.15) is 4.21 Å². The lowest BCUT2D eigenvalue weighted by Gasteiger charge is -2.21. The van der Waals surface area contributed by atoms with E-state index in [0.29, 0.717) is 0 Å². The molecular weight excluding hydrogens is 350 g/mol. The molecule has 0 saturated heterocycles. The van der Waals surface area contributed by atoms with Crippen LogP contribution in [0.25, 0.3) is 0 Å². The predicted molar refractivity (Wildman–Crippen MR) is 78.7 cm³/mol. The summed E-state index contributed by atoms with van der Waals surface area (Å²) in [6.45, 7) is 3.65. The molecule has 0 radical (unpaired) electrons. The summed E-state index contributed by atoms with van der Waals surface area (Å²) >= 11 is 4.41. The Bertz CT molecular complexity index is 581. The van der Waals surface area contributed by atoms with Gasteiger partial charge >= 0.3 is 0 Å². The Kier molecular flexibility index (Phi) is 4.09. The Morgan fingerprint density at radius 1 is 1.42 bits per heavy atom.